The van der Waals surface area contributed by atoms with E-state index in [4.69, 9.17) is 4.74 Å². The Balaban J connectivity index is 1.58. The highest BCUT2D eigenvalue weighted by Crippen LogP contribution is 2.63. The predicted molar refractivity (Wildman–Crippen MR) is 134 cm³/mol. The Hall–Kier alpha value is -3.93. The lowest BCUT2D eigenvalue weighted by atomic mass is 9.48. The first kappa shape index (κ1) is 22.8. The molecule has 0 aromatic heterocycles. The van der Waals surface area contributed by atoms with Crippen molar-refractivity contribution in [2.75, 3.05) is 23.5 Å². The number of ether oxygens (including phenoxy) is 1. The first-order chi connectivity index (χ1) is 17.0. The van der Waals surface area contributed by atoms with Crippen LogP contribution in [0, 0.1) is 11.3 Å². The van der Waals surface area contributed by atoms with Crippen LogP contribution in [-0.4, -0.2) is 31.4 Å². The summed E-state index contributed by atoms with van der Waals surface area (Å²) in [6.45, 7) is 2.24. The Kier molecular flexibility index (Phi) is 5.89. The molecule has 0 spiro atoms. The van der Waals surface area contributed by atoms with Gasteiger partial charge in [-0.05, 0) is 42.7 Å². The van der Waals surface area contributed by atoms with Gasteiger partial charge in [-0.2, -0.15) is 0 Å². The first-order valence-corrected chi connectivity index (χ1v) is 11.9. The fraction of sp³-hybridized carbons (Fsp3) is 0.276. The third kappa shape index (κ3) is 3.60. The van der Waals surface area contributed by atoms with Crippen molar-refractivity contribution in [3.05, 3.63) is 96.1 Å². The average Bonchev–Trinajstić information content (AvgIpc) is 2.87. The number of fused-ring (bicyclic) bond motifs is 3. The molecule has 1 aliphatic heterocycles. The highest BCUT2D eigenvalue weighted by molar-refractivity contribution is 6.16. The van der Waals surface area contributed by atoms with Crippen LogP contribution in [0.15, 0.2) is 84.9 Å². The topological polar surface area (TPSA) is 66.9 Å². The van der Waals surface area contributed by atoms with Crippen LogP contribution in [0.2, 0.25) is 0 Å². The summed E-state index contributed by atoms with van der Waals surface area (Å²) < 4.78 is 5.45. The second-order valence-corrected chi connectivity index (χ2v) is 9.15. The molecule has 1 saturated carbocycles. The molecule has 3 atom stereocenters. The van der Waals surface area contributed by atoms with Gasteiger partial charge in [0, 0.05) is 30.3 Å². The lowest BCUT2D eigenvalue weighted by molar-refractivity contribution is -0.175. The van der Waals surface area contributed by atoms with Crippen molar-refractivity contribution in [1.29, 1.82) is 0 Å². The Morgan fingerprint density at radius 3 is 2.29 bits per heavy atom. The van der Waals surface area contributed by atoms with E-state index in [9.17, 15) is 14.4 Å². The molecule has 35 heavy (non-hydrogen) atoms. The first-order valence-electron chi connectivity index (χ1n) is 11.9. The maximum absolute atomic E-state index is 14.1. The van der Waals surface area contributed by atoms with Crippen molar-refractivity contribution in [1.82, 2.24) is 0 Å². The minimum Gasteiger partial charge on any atom is -0.465 e. The van der Waals surface area contributed by atoms with E-state index in [0.29, 0.717) is 6.54 Å². The minimum absolute atomic E-state index is 0.111. The van der Waals surface area contributed by atoms with Gasteiger partial charge in [-0.3, -0.25) is 14.4 Å². The van der Waals surface area contributed by atoms with Gasteiger partial charge in [-0.15, -0.1) is 0 Å². The minimum atomic E-state index is -1.41. The number of benzene rings is 3. The van der Waals surface area contributed by atoms with Gasteiger partial charge in [0.25, 0.3) is 0 Å². The van der Waals surface area contributed by atoms with Crippen LogP contribution in [0.5, 0.6) is 0 Å². The zero-order valence-corrected chi connectivity index (χ0v) is 19.9. The Morgan fingerprint density at radius 2 is 1.60 bits per heavy atom. The zero-order chi connectivity index (χ0) is 24.6. The lowest BCUT2D eigenvalue weighted by Crippen LogP contribution is -2.66. The van der Waals surface area contributed by atoms with Gasteiger partial charge in [-0.25, -0.2) is 0 Å². The molecular formula is C29H28N2O4. The van der Waals surface area contributed by atoms with Gasteiger partial charge in [0.2, 0.25) is 11.8 Å². The molecule has 5 rings (SSSR count). The Bertz CT molecular complexity index is 1260. The second kappa shape index (κ2) is 9.02. The van der Waals surface area contributed by atoms with E-state index in [1.165, 1.54) is 0 Å². The van der Waals surface area contributed by atoms with E-state index in [2.05, 4.69) is 0 Å². The number of anilines is 2. The summed E-state index contributed by atoms with van der Waals surface area (Å²) >= 11 is 0. The van der Waals surface area contributed by atoms with Crippen molar-refractivity contribution in [3.8, 4) is 0 Å². The van der Waals surface area contributed by atoms with Crippen LogP contribution >= 0.6 is 0 Å². The van der Waals surface area contributed by atoms with Gasteiger partial charge in [0.1, 0.15) is 0 Å². The fourth-order valence-electron chi connectivity index (χ4n) is 5.56. The molecule has 1 heterocycles. The van der Waals surface area contributed by atoms with E-state index in [1.807, 2.05) is 84.9 Å². The van der Waals surface area contributed by atoms with Crippen molar-refractivity contribution in [3.63, 3.8) is 0 Å². The van der Waals surface area contributed by atoms with Crippen molar-refractivity contribution < 1.29 is 19.1 Å². The number of amides is 2. The number of carbonyl (C=O) groups is 3. The molecule has 1 aliphatic carbocycles. The van der Waals surface area contributed by atoms with E-state index in [1.54, 1.807) is 23.8 Å². The van der Waals surface area contributed by atoms with Gasteiger partial charge in [0.05, 0.1) is 13.2 Å². The van der Waals surface area contributed by atoms with Crippen molar-refractivity contribution in [2.24, 2.45) is 11.3 Å². The van der Waals surface area contributed by atoms with Crippen LogP contribution < -0.4 is 9.80 Å². The second-order valence-electron chi connectivity index (χ2n) is 9.15. The summed E-state index contributed by atoms with van der Waals surface area (Å²) in [5.74, 6) is -2.03. The Labute approximate surface area is 205 Å². The van der Waals surface area contributed by atoms with Crippen molar-refractivity contribution in [2.45, 2.75) is 25.8 Å². The maximum Gasteiger partial charge on any atom is 0.322 e. The maximum atomic E-state index is 14.1. The molecule has 0 N–H and O–H groups in total. The highest BCUT2D eigenvalue weighted by atomic mass is 16.5. The average molecular weight is 469 g/mol. The van der Waals surface area contributed by atoms with E-state index < -0.39 is 23.2 Å². The number of para-hydroxylation sites is 2. The highest BCUT2D eigenvalue weighted by Gasteiger charge is 2.70. The van der Waals surface area contributed by atoms with Crippen LogP contribution in [0.1, 0.15) is 30.4 Å². The van der Waals surface area contributed by atoms with Crippen LogP contribution in [0.3, 0.4) is 0 Å². The van der Waals surface area contributed by atoms with E-state index in [-0.39, 0.29) is 24.8 Å². The number of carbonyl (C=O) groups excluding carboxylic acids is 3. The number of rotatable bonds is 6. The monoisotopic (exact) mass is 468 g/mol. The SMILES string of the molecule is CCOC(=O)[C@]12C[C@H](C(=O)N(C)c3ccccc3)[C@H]1c1ccccc1N(Cc1ccccc1)C2=O. The quantitative estimate of drug-likeness (QED) is 0.393. The molecule has 0 unspecified atom stereocenters. The smallest absolute Gasteiger partial charge is 0.322 e. The van der Waals surface area contributed by atoms with Gasteiger partial charge in [0.15, 0.2) is 5.41 Å². The number of esters is 1. The summed E-state index contributed by atoms with van der Waals surface area (Å²) in [5, 5.41) is 0. The third-order valence-corrected chi connectivity index (χ3v) is 7.28. The predicted octanol–water partition coefficient (Wildman–Crippen LogP) is 4.55. The molecule has 2 aliphatic rings. The Morgan fingerprint density at radius 1 is 0.971 bits per heavy atom. The molecule has 178 valence electrons. The molecule has 0 saturated heterocycles. The molecule has 3 aromatic carbocycles. The standard InChI is InChI=1S/C29H28N2O4/c1-3-35-28(34)29-18-23(26(32)30(2)21-14-8-5-9-15-21)25(29)22-16-10-11-17-24(22)31(27(29)33)19-20-12-6-4-7-13-20/h4-17,23,25H,3,18-19H2,1-2H3/t23-,25+,29+/m0/s1. The summed E-state index contributed by atoms with van der Waals surface area (Å²) in [5.41, 5.74) is 1.90. The number of hydrogen-bond donors (Lipinski definition) is 0. The lowest BCUT2D eigenvalue weighted by Gasteiger charge is -2.56. The zero-order valence-electron chi connectivity index (χ0n) is 19.9. The molecule has 1 fully saturated rings. The summed E-state index contributed by atoms with van der Waals surface area (Å²) in [4.78, 5) is 44.4. The molecule has 2 amide bonds. The molecule has 0 radical (unpaired) electrons. The summed E-state index contributed by atoms with van der Waals surface area (Å²) in [6, 6.07) is 26.7. The third-order valence-electron chi connectivity index (χ3n) is 7.28. The van der Waals surface area contributed by atoms with Crippen LogP contribution in [-0.2, 0) is 25.7 Å². The van der Waals surface area contributed by atoms with Crippen LogP contribution in [0.25, 0.3) is 0 Å². The van der Waals surface area contributed by atoms with Gasteiger partial charge < -0.3 is 14.5 Å². The summed E-state index contributed by atoms with van der Waals surface area (Å²) in [7, 11) is 1.74. The van der Waals surface area contributed by atoms with E-state index >= 15 is 0 Å². The molecular weight excluding hydrogens is 440 g/mol. The van der Waals surface area contributed by atoms with Crippen molar-refractivity contribution >= 4 is 29.2 Å². The summed E-state index contributed by atoms with van der Waals surface area (Å²) in [6.07, 6.45) is 0.130. The van der Waals surface area contributed by atoms with Gasteiger partial charge in [-0.1, -0.05) is 66.7 Å². The van der Waals surface area contributed by atoms with Crippen LogP contribution in [0.4, 0.5) is 11.4 Å². The molecule has 3 aromatic rings. The number of hydrogen-bond acceptors (Lipinski definition) is 4. The van der Waals surface area contributed by atoms with Gasteiger partial charge >= 0.3 is 5.97 Å². The van der Waals surface area contributed by atoms with E-state index in [0.717, 1.165) is 22.5 Å². The number of nitrogens with zero attached hydrogens (tertiary/aromatic N) is 2. The largest absolute Gasteiger partial charge is 0.465 e. The fourth-order valence-corrected chi connectivity index (χ4v) is 5.56. The molecule has 6 nitrogen and oxygen atoms in total. The molecule has 6 heteroatoms. The normalized spacial score (nSPS) is 22.5. The molecule has 0 bridgehead atoms.